The monoisotopic (exact) mass is 283 g/mol. The van der Waals surface area contributed by atoms with Gasteiger partial charge in [-0.2, -0.15) is 0 Å². The van der Waals surface area contributed by atoms with Crippen molar-refractivity contribution in [2.24, 2.45) is 5.92 Å². The zero-order chi connectivity index (χ0) is 11.5. The second kappa shape index (κ2) is 5.19. The minimum atomic E-state index is 0.106. The molecule has 1 atom stereocenters. The summed E-state index contributed by atoms with van der Waals surface area (Å²) in [6, 6.07) is 6.11. The van der Waals surface area contributed by atoms with Crippen molar-refractivity contribution in [3.8, 4) is 0 Å². The van der Waals surface area contributed by atoms with E-state index in [9.17, 15) is 0 Å². The Morgan fingerprint density at radius 1 is 1.50 bits per heavy atom. The summed E-state index contributed by atoms with van der Waals surface area (Å²) in [4.78, 5) is 2.43. The van der Waals surface area contributed by atoms with Crippen LogP contribution in [0.5, 0.6) is 0 Å². The van der Waals surface area contributed by atoms with E-state index in [1.165, 1.54) is 18.5 Å². The van der Waals surface area contributed by atoms with Gasteiger partial charge in [0.15, 0.2) is 0 Å². The zero-order valence-electron chi connectivity index (χ0n) is 9.62. The Labute approximate surface area is 105 Å². The van der Waals surface area contributed by atoms with E-state index in [4.69, 9.17) is 5.11 Å². The lowest BCUT2D eigenvalue weighted by Gasteiger charge is -2.33. The van der Waals surface area contributed by atoms with Crippen molar-refractivity contribution in [3.05, 3.63) is 28.2 Å². The molecule has 0 amide bonds. The van der Waals surface area contributed by atoms with Crippen LogP contribution >= 0.6 is 15.9 Å². The van der Waals surface area contributed by atoms with Gasteiger partial charge in [-0.15, -0.1) is 0 Å². The highest BCUT2D eigenvalue weighted by Crippen LogP contribution is 2.30. The van der Waals surface area contributed by atoms with E-state index in [0.717, 1.165) is 29.0 Å². The Bertz CT molecular complexity index is 367. The van der Waals surface area contributed by atoms with E-state index in [1.807, 2.05) is 12.1 Å². The van der Waals surface area contributed by atoms with Gasteiger partial charge in [-0.1, -0.05) is 13.0 Å². The van der Waals surface area contributed by atoms with Gasteiger partial charge < -0.3 is 10.0 Å². The fourth-order valence-electron chi connectivity index (χ4n) is 2.31. The third kappa shape index (κ3) is 2.58. The molecule has 0 radical (unpaired) electrons. The van der Waals surface area contributed by atoms with Crippen LogP contribution in [0.4, 0.5) is 5.69 Å². The molecule has 1 fully saturated rings. The van der Waals surface area contributed by atoms with E-state index in [1.54, 1.807) is 0 Å². The molecule has 0 aromatic heterocycles. The average Bonchev–Trinajstić information content (AvgIpc) is 2.28. The van der Waals surface area contributed by atoms with Crippen molar-refractivity contribution >= 4 is 21.6 Å². The van der Waals surface area contributed by atoms with Gasteiger partial charge in [0.2, 0.25) is 0 Å². The van der Waals surface area contributed by atoms with Crippen LogP contribution in [0, 0.1) is 5.92 Å². The molecule has 1 aromatic rings. The fourth-order valence-corrected chi connectivity index (χ4v) is 2.99. The van der Waals surface area contributed by atoms with Gasteiger partial charge in [-0.05, 0) is 52.4 Å². The summed E-state index contributed by atoms with van der Waals surface area (Å²) in [5, 5.41) is 9.07. The Balaban J connectivity index is 2.19. The van der Waals surface area contributed by atoms with Crippen LogP contribution in [0.2, 0.25) is 0 Å². The first-order valence-corrected chi connectivity index (χ1v) is 6.64. The number of aliphatic hydroxyl groups excluding tert-OH is 1. The quantitative estimate of drug-likeness (QED) is 0.901. The topological polar surface area (TPSA) is 23.5 Å². The van der Waals surface area contributed by atoms with E-state index < -0.39 is 0 Å². The highest BCUT2D eigenvalue weighted by molar-refractivity contribution is 9.10. The smallest absolute Gasteiger partial charge is 0.0682 e. The molecule has 2 nitrogen and oxygen atoms in total. The maximum Gasteiger partial charge on any atom is 0.0682 e. The number of nitrogens with zero attached hydrogens (tertiary/aromatic N) is 1. The van der Waals surface area contributed by atoms with Crippen LogP contribution in [-0.4, -0.2) is 18.2 Å². The summed E-state index contributed by atoms with van der Waals surface area (Å²) in [6.45, 7) is 4.69. The largest absolute Gasteiger partial charge is 0.392 e. The van der Waals surface area contributed by atoms with Crippen molar-refractivity contribution in [2.75, 3.05) is 18.0 Å². The molecule has 1 heterocycles. The van der Waals surface area contributed by atoms with Crippen molar-refractivity contribution < 1.29 is 5.11 Å². The zero-order valence-corrected chi connectivity index (χ0v) is 11.2. The number of anilines is 1. The highest BCUT2D eigenvalue weighted by atomic mass is 79.9. The predicted molar refractivity (Wildman–Crippen MR) is 70.7 cm³/mol. The minimum Gasteiger partial charge on any atom is -0.392 e. The normalized spacial score (nSPS) is 21.2. The fraction of sp³-hybridized carbons (Fsp3) is 0.538. The number of halogens is 1. The van der Waals surface area contributed by atoms with E-state index in [0.29, 0.717) is 0 Å². The summed E-state index contributed by atoms with van der Waals surface area (Å²) < 4.78 is 1.09. The Kier molecular flexibility index (Phi) is 3.87. The highest BCUT2D eigenvalue weighted by Gasteiger charge is 2.18. The van der Waals surface area contributed by atoms with E-state index in [2.05, 4.69) is 33.8 Å². The third-order valence-corrected chi connectivity index (χ3v) is 3.83. The van der Waals surface area contributed by atoms with Crippen molar-refractivity contribution in [1.29, 1.82) is 0 Å². The first-order valence-electron chi connectivity index (χ1n) is 5.85. The third-order valence-electron chi connectivity index (χ3n) is 3.19. The lowest BCUT2D eigenvalue weighted by atomic mass is 9.99. The molecule has 16 heavy (non-hydrogen) atoms. The van der Waals surface area contributed by atoms with E-state index in [-0.39, 0.29) is 6.61 Å². The molecular weight excluding hydrogens is 266 g/mol. The van der Waals surface area contributed by atoms with Crippen LogP contribution in [-0.2, 0) is 6.61 Å². The van der Waals surface area contributed by atoms with Gasteiger partial charge in [-0.25, -0.2) is 0 Å². The van der Waals surface area contributed by atoms with Gasteiger partial charge in [0.1, 0.15) is 0 Å². The molecule has 1 aromatic carbocycles. The van der Waals surface area contributed by atoms with Crippen LogP contribution in [0.25, 0.3) is 0 Å². The summed E-state index contributed by atoms with van der Waals surface area (Å²) in [5.74, 6) is 0.776. The molecule has 0 spiro atoms. The standard InChI is InChI=1S/C13H18BrNO/c1-10-3-2-6-15(8-10)13-5-4-11(9-16)7-12(13)14/h4-5,7,10,16H,2-3,6,8-9H2,1H3. The molecule has 1 unspecified atom stereocenters. The second-order valence-corrected chi connectivity index (χ2v) is 5.49. The summed E-state index contributed by atoms with van der Waals surface area (Å²) in [7, 11) is 0. The molecule has 2 rings (SSSR count). The number of piperidine rings is 1. The number of rotatable bonds is 2. The van der Waals surface area contributed by atoms with Gasteiger partial charge in [0.05, 0.1) is 12.3 Å². The van der Waals surface area contributed by atoms with E-state index >= 15 is 0 Å². The predicted octanol–water partition coefficient (Wildman–Crippen LogP) is 3.18. The summed E-state index contributed by atoms with van der Waals surface area (Å²) in [5.41, 5.74) is 2.21. The number of aliphatic hydroxyl groups is 1. The Morgan fingerprint density at radius 2 is 2.31 bits per heavy atom. The maximum atomic E-state index is 9.07. The second-order valence-electron chi connectivity index (χ2n) is 4.64. The molecule has 0 bridgehead atoms. The maximum absolute atomic E-state index is 9.07. The Morgan fingerprint density at radius 3 is 2.94 bits per heavy atom. The summed E-state index contributed by atoms with van der Waals surface area (Å²) in [6.07, 6.45) is 2.61. The average molecular weight is 284 g/mol. The SMILES string of the molecule is CC1CCCN(c2ccc(CO)cc2Br)C1. The Hall–Kier alpha value is -0.540. The molecule has 88 valence electrons. The van der Waals surface area contributed by atoms with Crippen molar-refractivity contribution in [3.63, 3.8) is 0 Å². The number of benzene rings is 1. The van der Waals surface area contributed by atoms with Gasteiger partial charge in [0, 0.05) is 17.6 Å². The molecule has 1 aliphatic rings. The van der Waals surface area contributed by atoms with Gasteiger partial charge in [-0.3, -0.25) is 0 Å². The molecule has 3 heteroatoms. The number of hydrogen-bond donors (Lipinski definition) is 1. The summed E-state index contributed by atoms with van der Waals surface area (Å²) >= 11 is 3.59. The molecule has 0 aliphatic carbocycles. The lowest BCUT2D eigenvalue weighted by Crippen LogP contribution is -2.34. The lowest BCUT2D eigenvalue weighted by molar-refractivity contribution is 0.282. The van der Waals surface area contributed by atoms with Gasteiger partial charge in [0.25, 0.3) is 0 Å². The molecular formula is C13H18BrNO. The van der Waals surface area contributed by atoms with Crippen LogP contribution in [0.1, 0.15) is 25.3 Å². The van der Waals surface area contributed by atoms with Crippen molar-refractivity contribution in [2.45, 2.75) is 26.4 Å². The first kappa shape index (κ1) is 11.9. The molecule has 1 aliphatic heterocycles. The molecule has 1 N–H and O–H groups in total. The van der Waals surface area contributed by atoms with Crippen molar-refractivity contribution in [1.82, 2.24) is 0 Å². The number of hydrogen-bond acceptors (Lipinski definition) is 2. The van der Waals surface area contributed by atoms with Crippen LogP contribution < -0.4 is 4.90 Å². The molecule has 1 saturated heterocycles. The van der Waals surface area contributed by atoms with Crippen LogP contribution in [0.3, 0.4) is 0 Å². The first-order chi connectivity index (χ1) is 7.70. The van der Waals surface area contributed by atoms with Crippen LogP contribution in [0.15, 0.2) is 22.7 Å². The minimum absolute atomic E-state index is 0.106. The van der Waals surface area contributed by atoms with Gasteiger partial charge >= 0.3 is 0 Å². The molecule has 0 saturated carbocycles.